The van der Waals surface area contributed by atoms with Crippen LogP contribution < -0.4 is 5.32 Å². The second kappa shape index (κ2) is 5.54. The highest BCUT2D eigenvalue weighted by Gasteiger charge is 2.27. The smallest absolute Gasteiger partial charge is 0.373 e. The molecule has 1 aliphatic carbocycles. The summed E-state index contributed by atoms with van der Waals surface area (Å²) in [6, 6.07) is 3.44. The molecule has 1 atom stereocenters. The van der Waals surface area contributed by atoms with E-state index in [0.717, 1.165) is 25.1 Å². The maximum absolute atomic E-state index is 11.2. The van der Waals surface area contributed by atoms with E-state index in [-0.39, 0.29) is 17.9 Å². The summed E-state index contributed by atoms with van der Waals surface area (Å²) in [5.41, 5.74) is 0. The molecule has 0 aliphatic heterocycles. The maximum atomic E-state index is 11.2. The number of ether oxygens (including phenoxy) is 1. The van der Waals surface area contributed by atoms with E-state index in [1.165, 1.54) is 7.11 Å². The van der Waals surface area contributed by atoms with E-state index in [9.17, 15) is 9.90 Å². The van der Waals surface area contributed by atoms with Crippen LogP contribution in [0.5, 0.6) is 0 Å². The van der Waals surface area contributed by atoms with Gasteiger partial charge in [0.25, 0.3) is 0 Å². The second-order valence-electron chi connectivity index (χ2n) is 4.81. The van der Waals surface area contributed by atoms with Crippen molar-refractivity contribution in [3.05, 3.63) is 23.7 Å². The molecule has 0 aromatic carbocycles. The van der Waals surface area contributed by atoms with E-state index >= 15 is 0 Å². The van der Waals surface area contributed by atoms with Gasteiger partial charge in [-0.25, -0.2) is 4.79 Å². The average molecular weight is 253 g/mol. The van der Waals surface area contributed by atoms with Crippen molar-refractivity contribution in [2.45, 2.75) is 31.9 Å². The van der Waals surface area contributed by atoms with Crippen molar-refractivity contribution in [3.8, 4) is 0 Å². The van der Waals surface area contributed by atoms with Crippen LogP contribution in [0.4, 0.5) is 0 Å². The quantitative estimate of drug-likeness (QED) is 0.778. The van der Waals surface area contributed by atoms with Crippen LogP contribution in [0.15, 0.2) is 16.5 Å². The Hall–Kier alpha value is -1.33. The van der Waals surface area contributed by atoms with Gasteiger partial charge in [0.1, 0.15) is 5.76 Å². The van der Waals surface area contributed by atoms with Gasteiger partial charge in [-0.15, -0.1) is 0 Å². The molecule has 0 spiro atoms. The molecule has 1 aromatic rings. The zero-order valence-corrected chi connectivity index (χ0v) is 10.7. The molecule has 2 rings (SSSR count). The lowest BCUT2D eigenvalue weighted by molar-refractivity contribution is 0.0416. The van der Waals surface area contributed by atoms with E-state index in [4.69, 9.17) is 4.42 Å². The lowest BCUT2D eigenvalue weighted by Gasteiger charge is -2.32. The van der Waals surface area contributed by atoms with Crippen molar-refractivity contribution in [3.63, 3.8) is 0 Å². The van der Waals surface area contributed by atoms with Crippen LogP contribution in [0, 0.1) is 5.92 Å². The van der Waals surface area contributed by atoms with Gasteiger partial charge in [-0.05, 0) is 44.4 Å². The van der Waals surface area contributed by atoms with E-state index in [2.05, 4.69) is 10.1 Å². The fourth-order valence-electron chi connectivity index (χ4n) is 2.11. The molecule has 1 aromatic heterocycles. The van der Waals surface area contributed by atoms with Gasteiger partial charge in [-0.1, -0.05) is 0 Å². The van der Waals surface area contributed by atoms with Crippen molar-refractivity contribution in [2.24, 2.45) is 5.92 Å². The highest BCUT2D eigenvalue weighted by molar-refractivity contribution is 5.86. The third kappa shape index (κ3) is 2.91. The van der Waals surface area contributed by atoms with Crippen LogP contribution in [-0.2, 0) is 4.74 Å². The Kier molecular flexibility index (Phi) is 4.04. The SMILES string of the molecule is COC(=O)c1ccc(C(C)NCC2CC(O)C2)o1. The molecule has 18 heavy (non-hydrogen) atoms. The number of nitrogens with one attached hydrogen (secondary N) is 1. The first-order chi connectivity index (χ1) is 8.60. The third-order valence-electron chi connectivity index (χ3n) is 3.36. The average Bonchev–Trinajstić information content (AvgIpc) is 2.81. The predicted molar refractivity (Wildman–Crippen MR) is 65.2 cm³/mol. The largest absolute Gasteiger partial charge is 0.463 e. The summed E-state index contributed by atoms with van der Waals surface area (Å²) in [4.78, 5) is 11.2. The molecule has 1 unspecified atom stereocenters. The summed E-state index contributed by atoms with van der Waals surface area (Å²) in [5, 5.41) is 12.5. The molecule has 100 valence electrons. The van der Waals surface area contributed by atoms with Crippen LogP contribution in [0.25, 0.3) is 0 Å². The number of hydrogen-bond donors (Lipinski definition) is 2. The van der Waals surface area contributed by atoms with Gasteiger partial charge in [0.2, 0.25) is 5.76 Å². The molecule has 0 bridgehead atoms. The minimum Gasteiger partial charge on any atom is -0.463 e. The van der Waals surface area contributed by atoms with E-state index in [1.54, 1.807) is 12.1 Å². The number of methoxy groups -OCH3 is 1. The summed E-state index contributed by atoms with van der Waals surface area (Å²) in [6.45, 7) is 2.83. The second-order valence-corrected chi connectivity index (χ2v) is 4.81. The molecule has 0 radical (unpaired) electrons. The molecule has 1 heterocycles. The molecule has 5 nitrogen and oxygen atoms in total. The van der Waals surface area contributed by atoms with Crippen LogP contribution >= 0.6 is 0 Å². The Labute approximate surface area is 106 Å². The number of esters is 1. The lowest BCUT2D eigenvalue weighted by Crippen LogP contribution is -2.36. The molecular formula is C13H19NO4. The summed E-state index contributed by atoms with van der Waals surface area (Å²) in [5.74, 6) is 1.02. The Morgan fingerprint density at radius 1 is 1.61 bits per heavy atom. The highest BCUT2D eigenvalue weighted by atomic mass is 16.5. The zero-order chi connectivity index (χ0) is 13.1. The van der Waals surface area contributed by atoms with Crippen LogP contribution in [-0.4, -0.2) is 30.8 Å². The fourth-order valence-corrected chi connectivity index (χ4v) is 2.11. The molecule has 0 saturated heterocycles. The number of aliphatic hydroxyl groups excluding tert-OH is 1. The highest BCUT2D eigenvalue weighted by Crippen LogP contribution is 2.27. The Morgan fingerprint density at radius 3 is 2.94 bits per heavy atom. The maximum Gasteiger partial charge on any atom is 0.373 e. The first kappa shape index (κ1) is 13.1. The van der Waals surface area contributed by atoms with Crippen molar-refractivity contribution in [1.82, 2.24) is 5.32 Å². The Bertz CT molecular complexity index is 409. The van der Waals surface area contributed by atoms with Gasteiger partial charge in [-0.3, -0.25) is 0 Å². The number of carbonyl (C=O) groups excluding carboxylic acids is 1. The third-order valence-corrected chi connectivity index (χ3v) is 3.36. The van der Waals surface area contributed by atoms with Crippen LogP contribution in [0.1, 0.15) is 42.1 Å². The first-order valence-electron chi connectivity index (χ1n) is 6.19. The molecule has 1 aliphatic rings. The summed E-state index contributed by atoms with van der Waals surface area (Å²) < 4.78 is 10.0. The minimum atomic E-state index is -0.462. The minimum absolute atomic E-state index is 0.0427. The van der Waals surface area contributed by atoms with Gasteiger partial charge in [0.15, 0.2) is 0 Å². The molecule has 5 heteroatoms. The first-order valence-corrected chi connectivity index (χ1v) is 6.19. The number of aliphatic hydroxyl groups is 1. The topological polar surface area (TPSA) is 71.7 Å². The van der Waals surface area contributed by atoms with Crippen molar-refractivity contribution in [2.75, 3.05) is 13.7 Å². The van der Waals surface area contributed by atoms with Gasteiger partial charge in [-0.2, -0.15) is 0 Å². The molecular weight excluding hydrogens is 234 g/mol. The molecule has 0 amide bonds. The number of rotatable bonds is 5. The number of hydrogen-bond acceptors (Lipinski definition) is 5. The van der Waals surface area contributed by atoms with Crippen molar-refractivity contribution in [1.29, 1.82) is 0 Å². The van der Waals surface area contributed by atoms with Gasteiger partial charge in [0.05, 0.1) is 19.3 Å². The van der Waals surface area contributed by atoms with Crippen LogP contribution in [0.2, 0.25) is 0 Å². The molecule has 1 fully saturated rings. The summed E-state index contributed by atoms with van der Waals surface area (Å²) in [6.07, 6.45) is 1.61. The lowest BCUT2D eigenvalue weighted by atomic mass is 9.82. The van der Waals surface area contributed by atoms with Gasteiger partial charge < -0.3 is 19.6 Å². The zero-order valence-electron chi connectivity index (χ0n) is 10.7. The van der Waals surface area contributed by atoms with Gasteiger partial charge in [0, 0.05) is 0 Å². The molecule has 1 saturated carbocycles. The number of carbonyl (C=O) groups is 1. The fraction of sp³-hybridized carbons (Fsp3) is 0.615. The van der Waals surface area contributed by atoms with Crippen molar-refractivity contribution >= 4 is 5.97 Å². The van der Waals surface area contributed by atoms with Gasteiger partial charge >= 0.3 is 5.97 Å². The predicted octanol–water partition coefficient (Wildman–Crippen LogP) is 1.49. The standard InChI is InChI=1S/C13H19NO4/c1-8(14-7-9-5-10(15)6-9)11-3-4-12(18-11)13(16)17-2/h3-4,8-10,14-15H,5-7H2,1-2H3. The monoisotopic (exact) mass is 253 g/mol. The number of furan rings is 1. The Morgan fingerprint density at radius 2 is 2.33 bits per heavy atom. The van der Waals surface area contributed by atoms with E-state index < -0.39 is 5.97 Å². The summed E-state index contributed by atoms with van der Waals surface area (Å²) >= 11 is 0. The Balaban J connectivity index is 1.83. The van der Waals surface area contributed by atoms with Crippen molar-refractivity contribution < 1.29 is 19.1 Å². The van der Waals surface area contributed by atoms with E-state index in [0.29, 0.717) is 5.92 Å². The summed E-state index contributed by atoms with van der Waals surface area (Å²) in [7, 11) is 1.33. The van der Waals surface area contributed by atoms with E-state index in [1.807, 2.05) is 6.92 Å². The normalized spacial score (nSPS) is 24.4. The molecule has 2 N–H and O–H groups in total. The van der Waals surface area contributed by atoms with Crippen LogP contribution in [0.3, 0.4) is 0 Å².